The largest absolute Gasteiger partial charge is 0.494 e. The van der Waals surface area contributed by atoms with Crippen molar-refractivity contribution in [1.29, 1.82) is 0 Å². The lowest BCUT2D eigenvalue weighted by Crippen LogP contribution is -2.30. The molecule has 5 nitrogen and oxygen atoms in total. The van der Waals surface area contributed by atoms with Gasteiger partial charge in [0.25, 0.3) is 5.91 Å². The van der Waals surface area contributed by atoms with Crippen molar-refractivity contribution in [3.63, 3.8) is 0 Å². The van der Waals surface area contributed by atoms with E-state index in [0.29, 0.717) is 17.7 Å². The van der Waals surface area contributed by atoms with Gasteiger partial charge in [-0.1, -0.05) is 19.3 Å². The summed E-state index contributed by atoms with van der Waals surface area (Å²) in [5.41, 5.74) is 1.61. The number of carbonyl (C=O) groups is 1. The van der Waals surface area contributed by atoms with E-state index in [1.807, 2.05) is 24.3 Å². The van der Waals surface area contributed by atoms with E-state index in [9.17, 15) is 4.79 Å². The van der Waals surface area contributed by atoms with Crippen molar-refractivity contribution in [2.45, 2.75) is 57.4 Å². The van der Waals surface area contributed by atoms with Crippen molar-refractivity contribution in [3.05, 3.63) is 30.0 Å². The number of nitrogens with one attached hydrogen (secondary N) is 2. The van der Waals surface area contributed by atoms with E-state index in [-0.39, 0.29) is 5.91 Å². The van der Waals surface area contributed by atoms with Crippen LogP contribution >= 0.6 is 0 Å². The van der Waals surface area contributed by atoms with Crippen LogP contribution in [0.2, 0.25) is 0 Å². The molecule has 4 rings (SSSR count). The van der Waals surface area contributed by atoms with Gasteiger partial charge in [0, 0.05) is 23.5 Å². The van der Waals surface area contributed by atoms with Gasteiger partial charge < -0.3 is 19.9 Å². The van der Waals surface area contributed by atoms with Gasteiger partial charge in [-0.05, 0) is 75.9 Å². The van der Waals surface area contributed by atoms with Crippen LogP contribution in [0, 0.1) is 5.92 Å². The van der Waals surface area contributed by atoms with Crippen LogP contribution in [-0.2, 0) is 0 Å². The molecule has 1 aliphatic carbocycles. The van der Waals surface area contributed by atoms with Gasteiger partial charge in [0.15, 0.2) is 0 Å². The zero-order valence-electron chi connectivity index (χ0n) is 17.0. The molecule has 2 aromatic rings. The first kappa shape index (κ1) is 19.3. The fourth-order valence-corrected chi connectivity index (χ4v) is 4.70. The third-order valence-corrected chi connectivity index (χ3v) is 6.50. The van der Waals surface area contributed by atoms with Crippen molar-refractivity contribution in [1.82, 2.24) is 15.2 Å². The number of aromatic nitrogens is 1. The van der Waals surface area contributed by atoms with Crippen LogP contribution in [0.15, 0.2) is 24.3 Å². The first-order valence-electron chi connectivity index (χ1n) is 10.9. The number of nitrogens with zero attached hydrogens (tertiary/aromatic N) is 1. The van der Waals surface area contributed by atoms with Gasteiger partial charge in [-0.25, -0.2) is 0 Å². The molecule has 152 valence electrons. The summed E-state index contributed by atoms with van der Waals surface area (Å²) in [6.07, 6.45) is 10.1. The summed E-state index contributed by atoms with van der Waals surface area (Å²) in [6.45, 7) is 2.73. The SMILES string of the molecule is CN1CCCC1CCOc1ccc2[nH]c(C(=O)NCC3CCCCC3)cc2c1. The zero-order valence-corrected chi connectivity index (χ0v) is 17.0. The smallest absolute Gasteiger partial charge is 0.267 e. The normalized spacial score (nSPS) is 21.2. The van der Waals surface area contributed by atoms with Crippen LogP contribution < -0.4 is 10.1 Å². The number of rotatable bonds is 7. The Balaban J connectivity index is 1.31. The molecule has 2 heterocycles. The van der Waals surface area contributed by atoms with Crippen molar-refractivity contribution in [2.24, 2.45) is 5.92 Å². The quantitative estimate of drug-likeness (QED) is 0.748. The van der Waals surface area contributed by atoms with Gasteiger partial charge >= 0.3 is 0 Å². The summed E-state index contributed by atoms with van der Waals surface area (Å²) in [4.78, 5) is 18.2. The number of likely N-dealkylation sites (tertiary alicyclic amines) is 1. The lowest BCUT2D eigenvalue weighted by Gasteiger charge is -2.21. The molecule has 2 fully saturated rings. The minimum Gasteiger partial charge on any atom is -0.494 e. The molecule has 1 atom stereocenters. The van der Waals surface area contributed by atoms with Gasteiger partial charge in [-0.3, -0.25) is 4.79 Å². The van der Waals surface area contributed by atoms with Crippen LogP contribution in [0.3, 0.4) is 0 Å². The molecule has 1 aromatic heterocycles. The van der Waals surface area contributed by atoms with E-state index >= 15 is 0 Å². The summed E-state index contributed by atoms with van der Waals surface area (Å²) in [6, 6.07) is 8.60. The molecule has 5 heteroatoms. The van der Waals surface area contributed by atoms with E-state index in [4.69, 9.17) is 4.74 Å². The monoisotopic (exact) mass is 383 g/mol. The Bertz CT molecular complexity index is 794. The van der Waals surface area contributed by atoms with Crippen LogP contribution in [0.5, 0.6) is 5.75 Å². The molecule has 0 spiro atoms. The van der Waals surface area contributed by atoms with E-state index < -0.39 is 0 Å². The Morgan fingerprint density at radius 2 is 2.04 bits per heavy atom. The predicted octanol–water partition coefficient (Wildman–Crippen LogP) is 4.34. The number of carbonyl (C=O) groups excluding carboxylic acids is 1. The number of H-pyrrole nitrogens is 1. The summed E-state index contributed by atoms with van der Waals surface area (Å²) < 4.78 is 5.98. The Morgan fingerprint density at radius 3 is 2.82 bits per heavy atom. The summed E-state index contributed by atoms with van der Waals surface area (Å²) in [5.74, 6) is 1.51. The lowest BCUT2D eigenvalue weighted by molar-refractivity contribution is 0.0939. The minimum absolute atomic E-state index is 0.00601. The molecular weight excluding hydrogens is 350 g/mol. The molecule has 1 aliphatic heterocycles. The third kappa shape index (κ3) is 4.69. The van der Waals surface area contributed by atoms with E-state index in [1.165, 1.54) is 51.5 Å². The first-order chi connectivity index (χ1) is 13.7. The van der Waals surface area contributed by atoms with Crippen LogP contribution in [0.1, 0.15) is 61.9 Å². The van der Waals surface area contributed by atoms with Crippen molar-refractivity contribution >= 4 is 16.8 Å². The highest BCUT2D eigenvalue weighted by Gasteiger charge is 2.20. The Hall–Kier alpha value is -2.01. The molecule has 28 heavy (non-hydrogen) atoms. The fourth-order valence-electron chi connectivity index (χ4n) is 4.70. The average Bonchev–Trinajstić information content (AvgIpc) is 3.33. The number of hydrogen-bond acceptors (Lipinski definition) is 3. The molecule has 0 bridgehead atoms. The van der Waals surface area contributed by atoms with Crippen LogP contribution in [-0.4, -0.2) is 48.6 Å². The van der Waals surface area contributed by atoms with Crippen molar-refractivity contribution in [2.75, 3.05) is 26.7 Å². The molecule has 2 N–H and O–H groups in total. The molecule has 1 aromatic carbocycles. The maximum absolute atomic E-state index is 12.5. The number of aromatic amines is 1. The second kappa shape index (κ2) is 8.99. The fraction of sp³-hybridized carbons (Fsp3) is 0.609. The molecule has 1 saturated heterocycles. The Kier molecular flexibility index (Phi) is 6.20. The summed E-state index contributed by atoms with van der Waals surface area (Å²) in [5, 5.41) is 4.13. The number of fused-ring (bicyclic) bond motifs is 1. The maximum atomic E-state index is 12.5. The number of amides is 1. The molecule has 1 unspecified atom stereocenters. The van der Waals surface area contributed by atoms with Crippen molar-refractivity contribution < 1.29 is 9.53 Å². The van der Waals surface area contributed by atoms with Crippen molar-refractivity contribution in [3.8, 4) is 5.75 Å². The standard InChI is InChI=1S/C23H33N3O2/c1-26-12-5-8-19(26)11-13-28-20-9-10-21-18(14-20)15-22(25-21)23(27)24-16-17-6-3-2-4-7-17/h9-10,14-15,17,19,25H,2-8,11-13,16H2,1H3,(H,24,27). The van der Waals surface area contributed by atoms with E-state index in [0.717, 1.165) is 36.2 Å². The van der Waals surface area contributed by atoms with Crippen LogP contribution in [0.25, 0.3) is 10.9 Å². The number of benzene rings is 1. The lowest BCUT2D eigenvalue weighted by atomic mass is 9.89. The van der Waals surface area contributed by atoms with Gasteiger partial charge in [0.05, 0.1) is 6.61 Å². The van der Waals surface area contributed by atoms with E-state index in [1.54, 1.807) is 0 Å². The van der Waals surface area contributed by atoms with Gasteiger partial charge in [0.2, 0.25) is 0 Å². The first-order valence-corrected chi connectivity index (χ1v) is 10.9. The van der Waals surface area contributed by atoms with Gasteiger partial charge in [-0.15, -0.1) is 0 Å². The summed E-state index contributed by atoms with van der Waals surface area (Å²) >= 11 is 0. The highest BCUT2D eigenvalue weighted by molar-refractivity contribution is 5.98. The third-order valence-electron chi connectivity index (χ3n) is 6.50. The predicted molar refractivity (Wildman–Crippen MR) is 113 cm³/mol. The van der Waals surface area contributed by atoms with Gasteiger partial charge in [-0.2, -0.15) is 0 Å². The molecule has 1 amide bonds. The average molecular weight is 384 g/mol. The molecule has 0 radical (unpaired) electrons. The zero-order chi connectivity index (χ0) is 19.3. The molecular formula is C23H33N3O2. The maximum Gasteiger partial charge on any atom is 0.267 e. The second-order valence-corrected chi connectivity index (χ2v) is 8.56. The number of hydrogen-bond donors (Lipinski definition) is 2. The Labute approximate surface area is 167 Å². The summed E-state index contributed by atoms with van der Waals surface area (Å²) in [7, 11) is 2.20. The van der Waals surface area contributed by atoms with Gasteiger partial charge in [0.1, 0.15) is 11.4 Å². The number of ether oxygens (including phenoxy) is 1. The van der Waals surface area contributed by atoms with E-state index in [2.05, 4.69) is 22.2 Å². The highest BCUT2D eigenvalue weighted by atomic mass is 16.5. The topological polar surface area (TPSA) is 57.4 Å². The molecule has 2 aliphatic rings. The molecule has 1 saturated carbocycles. The second-order valence-electron chi connectivity index (χ2n) is 8.56. The minimum atomic E-state index is -0.00601. The Morgan fingerprint density at radius 1 is 1.18 bits per heavy atom. The van der Waals surface area contributed by atoms with Crippen LogP contribution in [0.4, 0.5) is 0 Å². The highest BCUT2D eigenvalue weighted by Crippen LogP contribution is 2.24.